The number of unbranched alkanes of at least 4 members (excludes halogenated alkanes) is 2. The second kappa shape index (κ2) is 9.85. The van der Waals surface area contributed by atoms with Crippen molar-refractivity contribution < 1.29 is 9.47 Å². The summed E-state index contributed by atoms with van der Waals surface area (Å²) in [5.74, 6) is 2.63. The average molecular weight is 357 g/mol. The van der Waals surface area contributed by atoms with E-state index in [9.17, 15) is 0 Å². The Bertz CT molecular complexity index is 667. The fourth-order valence-corrected chi connectivity index (χ4v) is 4.09. The van der Waals surface area contributed by atoms with Crippen molar-refractivity contribution in [2.45, 2.75) is 72.6 Å². The van der Waals surface area contributed by atoms with E-state index in [0.29, 0.717) is 5.92 Å². The van der Waals surface area contributed by atoms with Crippen LogP contribution in [0.5, 0.6) is 5.75 Å². The molecule has 0 saturated heterocycles. The highest BCUT2D eigenvalue weighted by Crippen LogP contribution is 2.42. The quantitative estimate of drug-likeness (QED) is 0.481. The smallest absolute Gasteiger partial charge is 0.130 e. The molecule has 2 nitrogen and oxygen atoms in total. The predicted octanol–water partition coefficient (Wildman–Crippen LogP) is 6.86. The van der Waals surface area contributed by atoms with Crippen molar-refractivity contribution in [3.05, 3.63) is 46.2 Å². The number of hydrogen-bond acceptors (Lipinski definition) is 2. The molecule has 0 N–H and O–H groups in total. The normalized spacial score (nSPS) is 17.3. The van der Waals surface area contributed by atoms with Gasteiger partial charge in [-0.2, -0.15) is 0 Å². The molecule has 2 heteroatoms. The van der Waals surface area contributed by atoms with E-state index in [4.69, 9.17) is 9.47 Å². The third kappa shape index (κ3) is 4.72. The lowest BCUT2D eigenvalue weighted by Gasteiger charge is -2.28. The first-order valence-electron chi connectivity index (χ1n) is 10.2. The van der Waals surface area contributed by atoms with E-state index in [1.165, 1.54) is 59.9 Å². The average Bonchev–Trinajstić information content (AvgIpc) is 2.63. The van der Waals surface area contributed by atoms with Crippen molar-refractivity contribution >= 4 is 5.57 Å². The lowest BCUT2D eigenvalue weighted by molar-refractivity contribution is 0.233. The molecule has 0 heterocycles. The molecule has 0 saturated carbocycles. The van der Waals surface area contributed by atoms with E-state index in [1.54, 1.807) is 7.11 Å². The van der Waals surface area contributed by atoms with Crippen molar-refractivity contribution in [2.24, 2.45) is 5.92 Å². The number of aryl methyl sites for hydroxylation is 2. The van der Waals surface area contributed by atoms with Crippen molar-refractivity contribution in [3.63, 3.8) is 0 Å². The Hall–Kier alpha value is -1.70. The summed E-state index contributed by atoms with van der Waals surface area (Å²) < 4.78 is 11.9. The third-order valence-electron chi connectivity index (χ3n) is 5.33. The molecule has 0 spiro atoms. The highest BCUT2D eigenvalue weighted by atomic mass is 16.5. The van der Waals surface area contributed by atoms with Gasteiger partial charge in [0.1, 0.15) is 11.5 Å². The minimum Gasteiger partial charge on any atom is -0.500 e. The predicted molar refractivity (Wildman–Crippen MR) is 112 cm³/mol. The van der Waals surface area contributed by atoms with Gasteiger partial charge in [-0.25, -0.2) is 0 Å². The van der Waals surface area contributed by atoms with E-state index < -0.39 is 0 Å². The summed E-state index contributed by atoms with van der Waals surface area (Å²) >= 11 is 0. The van der Waals surface area contributed by atoms with Crippen LogP contribution in [0.4, 0.5) is 0 Å². The summed E-state index contributed by atoms with van der Waals surface area (Å²) in [6.07, 6.45) is 10.5. The Morgan fingerprint density at radius 2 is 1.73 bits per heavy atom. The second-order valence-corrected chi connectivity index (χ2v) is 7.62. The van der Waals surface area contributed by atoms with Crippen LogP contribution in [-0.2, 0) is 11.2 Å². The van der Waals surface area contributed by atoms with Gasteiger partial charge in [-0.3, -0.25) is 0 Å². The Labute approximate surface area is 160 Å². The van der Waals surface area contributed by atoms with Gasteiger partial charge in [-0.15, -0.1) is 0 Å². The SMILES string of the molecule is CCCCc1cc(C)cc(C2=C(OC)C(CCCC)CC(C)=C2)c1OC. The fourth-order valence-electron chi connectivity index (χ4n) is 4.09. The maximum absolute atomic E-state index is 5.96. The summed E-state index contributed by atoms with van der Waals surface area (Å²) in [7, 11) is 3.62. The zero-order valence-corrected chi connectivity index (χ0v) is 17.6. The van der Waals surface area contributed by atoms with Crippen LogP contribution >= 0.6 is 0 Å². The lowest BCUT2D eigenvalue weighted by atomic mass is 9.82. The molecule has 1 aromatic rings. The molecule has 0 bridgehead atoms. The monoisotopic (exact) mass is 356 g/mol. The van der Waals surface area contributed by atoms with Crippen LogP contribution in [0.2, 0.25) is 0 Å². The first kappa shape index (κ1) is 20.6. The molecule has 144 valence electrons. The summed E-state index contributed by atoms with van der Waals surface area (Å²) in [6.45, 7) is 8.91. The number of methoxy groups -OCH3 is 2. The Balaban J connectivity index is 2.58. The molecule has 0 aliphatic heterocycles. The molecule has 0 fully saturated rings. The standard InChI is InChI=1S/C24H36O2/c1-7-9-11-19-13-17(3)15-21(23(19)25-5)22-16-18(4)14-20(12-10-8-2)24(22)26-6/h13,15-16,20H,7-12,14H2,1-6H3. The first-order chi connectivity index (χ1) is 12.5. The van der Waals surface area contributed by atoms with Gasteiger partial charge in [0.25, 0.3) is 0 Å². The first-order valence-corrected chi connectivity index (χ1v) is 10.2. The highest BCUT2D eigenvalue weighted by molar-refractivity contribution is 5.82. The Morgan fingerprint density at radius 3 is 2.35 bits per heavy atom. The van der Waals surface area contributed by atoms with Crippen molar-refractivity contribution in [1.82, 2.24) is 0 Å². The van der Waals surface area contributed by atoms with Gasteiger partial charge in [-0.05, 0) is 56.7 Å². The van der Waals surface area contributed by atoms with E-state index >= 15 is 0 Å². The number of allylic oxidation sites excluding steroid dienone is 4. The van der Waals surface area contributed by atoms with Crippen LogP contribution in [0.25, 0.3) is 5.57 Å². The number of ether oxygens (including phenoxy) is 2. The zero-order valence-electron chi connectivity index (χ0n) is 17.6. The maximum atomic E-state index is 5.96. The Kier molecular flexibility index (Phi) is 7.81. The van der Waals surface area contributed by atoms with E-state index in [2.05, 4.69) is 45.9 Å². The van der Waals surface area contributed by atoms with Gasteiger partial charge >= 0.3 is 0 Å². The van der Waals surface area contributed by atoms with Gasteiger partial charge in [0.2, 0.25) is 0 Å². The van der Waals surface area contributed by atoms with Gasteiger partial charge in [0.05, 0.1) is 14.2 Å². The molecule has 0 amide bonds. The van der Waals surface area contributed by atoms with Crippen molar-refractivity contribution in [1.29, 1.82) is 0 Å². The second-order valence-electron chi connectivity index (χ2n) is 7.62. The summed E-state index contributed by atoms with van der Waals surface area (Å²) in [5.41, 5.74) is 6.44. The summed E-state index contributed by atoms with van der Waals surface area (Å²) in [6, 6.07) is 4.54. The van der Waals surface area contributed by atoms with E-state index in [-0.39, 0.29) is 0 Å². The molecule has 1 atom stereocenters. The Morgan fingerprint density at radius 1 is 1.00 bits per heavy atom. The van der Waals surface area contributed by atoms with Crippen molar-refractivity contribution in [2.75, 3.05) is 14.2 Å². The zero-order chi connectivity index (χ0) is 19.1. The van der Waals surface area contributed by atoms with Crippen LogP contribution < -0.4 is 4.74 Å². The number of benzene rings is 1. The number of rotatable bonds is 9. The van der Waals surface area contributed by atoms with Crippen LogP contribution in [0.3, 0.4) is 0 Å². The molecule has 26 heavy (non-hydrogen) atoms. The molecule has 1 aromatic carbocycles. The highest BCUT2D eigenvalue weighted by Gasteiger charge is 2.26. The lowest BCUT2D eigenvalue weighted by Crippen LogP contribution is -2.14. The van der Waals surface area contributed by atoms with Crippen LogP contribution in [0, 0.1) is 12.8 Å². The molecular formula is C24H36O2. The topological polar surface area (TPSA) is 18.5 Å². The molecule has 1 aliphatic rings. The molecule has 1 aliphatic carbocycles. The van der Waals surface area contributed by atoms with Crippen LogP contribution in [0.15, 0.2) is 29.5 Å². The maximum Gasteiger partial charge on any atom is 0.130 e. The van der Waals surface area contributed by atoms with E-state index in [1.807, 2.05) is 7.11 Å². The molecule has 0 radical (unpaired) electrons. The van der Waals surface area contributed by atoms with Gasteiger partial charge in [0, 0.05) is 17.1 Å². The third-order valence-corrected chi connectivity index (χ3v) is 5.33. The molecule has 1 unspecified atom stereocenters. The molecule has 0 aromatic heterocycles. The number of hydrogen-bond donors (Lipinski definition) is 0. The summed E-state index contributed by atoms with van der Waals surface area (Å²) in [4.78, 5) is 0. The minimum atomic E-state index is 0.476. The molecular weight excluding hydrogens is 320 g/mol. The largest absolute Gasteiger partial charge is 0.500 e. The van der Waals surface area contributed by atoms with Crippen molar-refractivity contribution in [3.8, 4) is 5.75 Å². The fraction of sp³-hybridized carbons (Fsp3) is 0.583. The van der Waals surface area contributed by atoms with Crippen LogP contribution in [0.1, 0.15) is 76.0 Å². The van der Waals surface area contributed by atoms with Gasteiger partial charge in [-0.1, -0.05) is 50.8 Å². The minimum absolute atomic E-state index is 0.476. The van der Waals surface area contributed by atoms with Crippen LogP contribution in [-0.4, -0.2) is 14.2 Å². The summed E-state index contributed by atoms with van der Waals surface area (Å²) in [5, 5.41) is 0. The molecule has 2 rings (SSSR count). The van der Waals surface area contributed by atoms with Gasteiger partial charge in [0.15, 0.2) is 0 Å². The van der Waals surface area contributed by atoms with E-state index in [0.717, 1.165) is 24.4 Å². The van der Waals surface area contributed by atoms with Gasteiger partial charge < -0.3 is 9.47 Å².